The summed E-state index contributed by atoms with van der Waals surface area (Å²) in [6, 6.07) is 9.48. The van der Waals surface area contributed by atoms with E-state index in [9.17, 15) is 19.2 Å². The quantitative estimate of drug-likeness (QED) is 0.477. The van der Waals surface area contributed by atoms with Gasteiger partial charge in [-0.25, -0.2) is 0 Å². The van der Waals surface area contributed by atoms with Gasteiger partial charge in [-0.3, -0.25) is 29.0 Å². The minimum atomic E-state index is -1.01. The van der Waals surface area contributed by atoms with Gasteiger partial charge in [0.1, 0.15) is 0 Å². The van der Waals surface area contributed by atoms with E-state index in [1.54, 1.807) is 19.9 Å². The standard InChI is InChI=1S/C26H31N3O4/c1-17-11-12-20(27(6)7)18-9-8-10-19(23(17)18)24(33)29(16-30)26(4,5)25(2,3)15-28-21(31)13-14-22(28)32/h8-14,16H,15H2,1-7H3. The van der Waals surface area contributed by atoms with Crippen LogP contribution in [-0.2, 0) is 14.4 Å². The van der Waals surface area contributed by atoms with Gasteiger partial charge in [0.05, 0.1) is 5.54 Å². The van der Waals surface area contributed by atoms with Gasteiger partial charge < -0.3 is 4.90 Å². The van der Waals surface area contributed by atoms with Crippen molar-refractivity contribution in [1.82, 2.24) is 9.80 Å². The maximum atomic E-state index is 13.8. The molecule has 0 saturated heterocycles. The fourth-order valence-electron chi connectivity index (χ4n) is 4.20. The molecule has 0 saturated carbocycles. The number of amides is 4. The van der Waals surface area contributed by atoms with Crippen LogP contribution in [0.2, 0.25) is 0 Å². The van der Waals surface area contributed by atoms with E-state index in [0.717, 1.165) is 26.9 Å². The first-order chi connectivity index (χ1) is 15.3. The van der Waals surface area contributed by atoms with E-state index in [4.69, 9.17) is 0 Å². The summed E-state index contributed by atoms with van der Waals surface area (Å²) >= 11 is 0. The molecule has 4 amide bonds. The van der Waals surface area contributed by atoms with Crippen molar-refractivity contribution < 1.29 is 19.2 Å². The van der Waals surface area contributed by atoms with Crippen molar-refractivity contribution in [3.8, 4) is 0 Å². The van der Waals surface area contributed by atoms with E-state index < -0.39 is 28.7 Å². The van der Waals surface area contributed by atoms with E-state index in [2.05, 4.69) is 0 Å². The lowest BCUT2D eigenvalue weighted by Crippen LogP contribution is -2.59. The maximum Gasteiger partial charge on any atom is 0.261 e. The van der Waals surface area contributed by atoms with Gasteiger partial charge in [0, 0.05) is 54.8 Å². The van der Waals surface area contributed by atoms with Crippen LogP contribution < -0.4 is 4.90 Å². The van der Waals surface area contributed by atoms with Crippen molar-refractivity contribution in [2.45, 2.75) is 40.2 Å². The predicted molar refractivity (Wildman–Crippen MR) is 129 cm³/mol. The molecule has 33 heavy (non-hydrogen) atoms. The second-order valence-corrected chi connectivity index (χ2v) is 9.84. The van der Waals surface area contributed by atoms with Crippen LogP contribution in [-0.4, -0.2) is 60.1 Å². The second-order valence-electron chi connectivity index (χ2n) is 9.84. The molecule has 0 aromatic heterocycles. The summed E-state index contributed by atoms with van der Waals surface area (Å²) in [6.45, 7) is 9.25. The summed E-state index contributed by atoms with van der Waals surface area (Å²) in [5, 5.41) is 1.72. The number of nitrogens with zero attached hydrogens (tertiary/aromatic N) is 3. The number of hydrogen-bond donors (Lipinski definition) is 0. The number of carbonyl (C=O) groups excluding carboxylic acids is 4. The lowest BCUT2D eigenvalue weighted by Gasteiger charge is -2.47. The normalized spacial score (nSPS) is 14.2. The Kier molecular flexibility index (Phi) is 6.20. The molecule has 7 heteroatoms. The van der Waals surface area contributed by atoms with Crippen LogP contribution in [0, 0.1) is 12.3 Å². The molecule has 3 rings (SSSR count). The maximum absolute atomic E-state index is 13.8. The van der Waals surface area contributed by atoms with Gasteiger partial charge in [-0.1, -0.05) is 32.0 Å². The van der Waals surface area contributed by atoms with Gasteiger partial charge in [-0.15, -0.1) is 0 Å². The predicted octanol–water partition coefficient (Wildman–Crippen LogP) is 3.54. The second kappa shape index (κ2) is 8.46. The van der Waals surface area contributed by atoms with E-state index >= 15 is 0 Å². The summed E-state index contributed by atoms with van der Waals surface area (Å²) in [6.07, 6.45) is 3.00. The molecule has 0 unspecified atom stereocenters. The van der Waals surface area contributed by atoms with Gasteiger partial charge in [0.2, 0.25) is 6.41 Å². The molecule has 2 aromatic rings. The Morgan fingerprint density at radius 2 is 1.61 bits per heavy atom. The van der Waals surface area contributed by atoms with Crippen LogP contribution in [0.5, 0.6) is 0 Å². The molecule has 1 aliphatic heterocycles. The summed E-state index contributed by atoms with van der Waals surface area (Å²) in [5.41, 5.74) is 0.544. The minimum Gasteiger partial charge on any atom is -0.377 e. The topological polar surface area (TPSA) is 78.0 Å². The highest BCUT2D eigenvalue weighted by atomic mass is 16.2. The van der Waals surface area contributed by atoms with Crippen molar-refractivity contribution in [2.24, 2.45) is 5.41 Å². The first-order valence-corrected chi connectivity index (χ1v) is 10.9. The van der Waals surface area contributed by atoms with Crippen molar-refractivity contribution in [2.75, 3.05) is 25.5 Å². The third-order valence-corrected chi connectivity index (χ3v) is 6.97. The molecule has 0 atom stereocenters. The molecule has 0 bridgehead atoms. The average molecular weight is 450 g/mol. The molecule has 0 N–H and O–H groups in total. The van der Waals surface area contributed by atoms with Crippen molar-refractivity contribution in [3.63, 3.8) is 0 Å². The number of fused-ring (bicyclic) bond motifs is 1. The largest absolute Gasteiger partial charge is 0.377 e. The molecule has 0 spiro atoms. The highest BCUT2D eigenvalue weighted by Crippen LogP contribution is 2.39. The highest BCUT2D eigenvalue weighted by Gasteiger charge is 2.47. The molecule has 0 radical (unpaired) electrons. The Hall–Kier alpha value is -3.48. The Morgan fingerprint density at radius 3 is 2.15 bits per heavy atom. The third kappa shape index (κ3) is 4.03. The zero-order valence-corrected chi connectivity index (χ0v) is 20.3. The van der Waals surface area contributed by atoms with Gasteiger partial charge in [0.25, 0.3) is 17.7 Å². The smallest absolute Gasteiger partial charge is 0.261 e. The van der Waals surface area contributed by atoms with E-state index in [1.165, 1.54) is 17.1 Å². The van der Waals surface area contributed by atoms with Crippen LogP contribution in [0.15, 0.2) is 42.5 Å². The lowest BCUT2D eigenvalue weighted by molar-refractivity contribution is -0.140. The molecular formula is C26H31N3O4. The van der Waals surface area contributed by atoms with Gasteiger partial charge in [0.15, 0.2) is 0 Å². The summed E-state index contributed by atoms with van der Waals surface area (Å²) in [5.74, 6) is -1.22. The van der Waals surface area contributed by atoms with Crippen LogP contribution in [0.1, 0.15) is 43.6 Å². The minimum absolute atomic E-state index is 0.0711. The number of hydrogen-bond acceptors (Lipinski definition) is 5. The first-order valence-electron chi connectivity index (χ1n) is 10.9. The number of anilines is 1. The average Bonchev–Trinajstić information content (AvgIpc) is 3.05. The third-order valence-electron chi connectivity index (χ3n) is 6.97. The lowest BCUT2D eigenvalue weighted by atomic mass is 9.72. The Morgan fingerprint density at radius 1 is 1.00 bits per heavy atom. The van der Waals surface area contributed by atoms with E-state index in [-0.39, 0.29) is 6.54 Å². The number of aryl methyl sites for hydroxylation is 1. The van der Waals surface area contributed by atoms with E-state index in [1.807, 2.05) is 64.0 Å². The van der Waals surface area contributed by atoms with Crippen molar-refractivity contribution in [3.05, 3.63) is 53.6 Å². The highest BCUT2D eigenvalue weighted by molar-refractivity contribution is 6.14. The molecule has 174 valence electrons. The molecule has 1 heterocycles. The number of carbonyl (C=O) groups is 4. The monoisotopic (exact) mass is 449 g/mol. The fraction of sp³-hybridized carbons (Fsp3) is 0.385. The van der Waals surface area contributed by atoms with Crippen LogP contribution in [0.25, 0.3) is 10.8 Å². The molecule has 7 nitrogen and oxygen atoms in total. The van der Waals surface area contributed by atoms with E-state index in [0.29, 0.717) is 12.0 Å². The van der Waals surface area contributed by atoms with Gasteiger partial charge >= 0.3 is 0 Å². The fourth-order valence-corrected chi connectivity index (χ4v) is 4.20. The number of benzene rings is 2. The van der Waals surface area contributed by atoms with Crippen molar-refractivity contribution in [1.29, 1.82) is 0 Å². The molecule has 0 aliphatic carbocycles. The van der Waals surface area contributed by atoms with Crippen LogP contribution >= 0.6 is 0 Å². The Bertz CT molecular complexity index is 1160. The zero-order chi connectivity index (χ0) is 24.7. The summed E-state index contributed by atoms with van der Waals surface area (Å²) in [7, 11) is 3.88. The van der Waals surface area contributed by atoms with Crippen LogP contribution in [0.3, 0.4) is 0 Å². The zero-order valence-electron chi connectivity index (χ0n) is 20.3. The first kappa shape index (κ1) is 24.2. The Labute approximate surface area is 194 Å². The SMILES string of the molecule is Cc1ccc(N(C)C)c2cccc(C(=O)N(C=O)C(C)(C)C(C)(C)CN3C(=O)C=CC3=O)c12. The molecule has 2 aromatic carbocycles. The number of imide groups is 2. The summed E-state index contributed by atoms with van der Waals surface area (Å²) in [4.78, 5) is 54.7. The van der Waals surface area contributed by atoms with Crippen molar-refractivity contribution >= 4 is 40.6 Å². The number of rotatable bonds is 7. The molecular weight excluding hydrogens is 418 g/mol. The molecule has 1 aliphatic rings. The van der Waals surface area contributed by atoms with Gasteiger partial charge in [-0.2, -0.15) is 0 Å². The Balaban J connectivity index is 2.06. The van der Waals surface area contributed by atoms with Crippen LogP contribution in [0.4, 0.5) is 5.69 Å². The van der Waals surface area contributed by atoms with Gasteiger partial charge in [-0.05, 0) is 43.9 Å². The summed E-state index contributed by atoms with van der Waals surface area (Å²) < 4.78 is 0. The molecule has 0 fully saturated rings.